The number of aromatic nitrogens is 1. The summed E-state index contributed by atoms with van der Waals surface area (Å²) in [5.41, 5.74) is 0.292. The normalized spacial score (nSPS) is 15.9. The zero-order valence-corrected chi connectivity index (χ0v) is 18.8. The molecule has 4 rings (SSSR count). The van der Waals surface area contributed by atoms with E-state index in [1.807, 2.05) is 0 Å². The number of hydrogen-bond acceptors (Lipinski definition) is 5. The minimum absolute atomic E-state index is 0.0527. The van der Waals surface area contributed by atoms with Gasteiger partial charge in [0, 0.05) is 30.3 Å². The van der Waals surface area contributed by atoms with E-state index >= 15 is 0 Å². The number of fused-ring (bicyclic) bond motifs is 1. The number of benzene rings is 2. The van der Waals surface area contributed by atoms with Crippen LogP contribution >= 0.6 is 0 Å². The number of anilines is 1. The third kappa shape index (κ3) is 4.69. The summed E-state index contributed by atoms with van der Waals surface area (Å²) in [6.07, 6.45) is 4.59. The van der Waals surface area contributed by atoms with Gasteiger partial charge in [0.25, 0.3) is 15.9 Å². The highest BCUT2D eigenvalue weighted by atomic mass is 32.2. The molecule has 33 heavy (non-hydrogen) atoms. The fourth-order valence-corrected chi connectivity index (χ4v) is 5.28. The van der Waals surface area contributed by atoms with E-state index in [9.17, 15) is 18.0 Å². The first kappa shape index (κ1) is 22.8. The lowest BCUT2D eigenvalue weighted by atomic mass is 10.1. The Morgan fingerprint density at radius 1 is 1.24 bits per heavy atom. The molecule has 9 heteroatoms. The van der Waals surface area contributed by atoms with Crippen molar-refractivity contribution in [1.29, 1.82) is 0 Å². The van der Waals surface area contributed by atoms with Gasteiger partial charge in [0.15, 0.2) is 0 Å². The molecular weight excluding hydrogens is 442 g/mol. The smallest absolute Gasteiger partial charge is 0.264 e. The summed E-state index contributed by atoms with van der Waals surface area (Å²) in [5.74, 6) is -0.528. The molecule has 1 fully saturated rings. The number of carbonyl (C=O) groups excluding carboxylic acids is 1. The highest BCUT2D eigenvalue weighted by molar-refractivity contribution is 7.92. The van der Waals surface area contributed by atoms with E-state index < -0.39 is 21.4 Å². The molecule has 0 saturated carbocycles. The topological polar surface area (TPSA) is 109 Å². The van der Waals surface area contributed by atoms with Crippen molar-refractivity contribution in [3.63, 3.8) is 0 Å². The fourth-order valence-electron chi connectivity index (χ4n) is 3.81. The molecule has 1 unspecified atom stereocenters. The minimum Gasteiger partial charge on any atom is -0.376 e. The summed E-state index contributed by atoms with van der Waals surface area (Å²) < 4.78 is 33.5. The Labute approximate surface area is 191 Å². The van der Waals surface area contributed by atoms with Gasteiger partial charge in [-0.3, -0.25) is 13.9 Å². The van der Waals surface area contributed by atoms with Crippen LogP contribution in [0.2, 0.25) is 0 Å². The van der Waals surface area contributed by atoms with E-state index in [1.54, 1.807) is 30.3 Å². The molecule has 8 nitrogen and oxygen atoms in total. The maximum absolute atomic E-state index is 13.4. The summed E-state index contributed by atoms with van der Waals surface area (Å²) in [7, 11) is -3.99. The quantitative estimate of drug-likeness (QED) is 0.495. The molecule has 0 bridgehead atoms. The molecule has 0 spiro atoms. The molecule has 1 saturated heterocycles. The van der Waals surface area contributed by atoms with Crippen LogP contribution in [0.5, 0.6) is 0 Å². The fraction of sp³-hybridized carbons (Fsp3) is 0.250. The van der Waals surface area contributed by atoms with Gasteiger partial charge in [0.05, 0.1) is 23.2 Å². The van der Waals surface area contributed by atoms with Crippen molar-refractivity contribution in [3.05, 3.63) is 83.2 Å². The zero-order chi connectivity index (χ0) is 23.4. The van der Waals surface area contributed by atoms with Crippen molar-refractivity contribution in [2.45, 2.75) is 23.8 Å². The molecule has 0 radical (unpaired) electrons. The molecule has 0 aliphatic carbocycles. The van der Waals surface area contributed by atoms with Crippen LogP contribution in [0.15, 0.2) is 77.1 Å². The largest absolute Gasteiger partial charge is 0.376 e. The number of aromatic amines is 1. The van der Waals surface area contributed by atoms with Gasteiger partial charge in [-0.25, -0.2) is 8.42 Å². The molecule has 2 N–H and O–H groups in total. The Morgan fingerprint density at radius 2 is 2.03 bits per heavy atom. The van der Waals surface area contributed by atoms with E-state index in [0.29, 0.717) is 24.4 Å². The molecular formula is C24H25N3O5S. The predicted molar refractivity (Wildman–Crippen MR) is 127 cm³/mol. The first-order valence-corrected chi connectivity index (χ1v) is 12.1. The Morgan fingerprint density at radius 3 is 2.73 bits per heavy atom. The number of hydrogen-bond donors (Lipinski definition) is 2. The van der Waals surface area contributed by atoms with Crippen molar-refractivity contribution < 1.29 is 17.9 Å². The summed E-state index contributed by atoms with van der Waals surface area (Å²) in [4.78, 5) is 28.5. The van der Waals surface area contributed by atoms with Gasteiger partial charge >= 0.3 is 0 Å². The lowest BCUT2D eigenvalue weighted by molar-refractivity contribution is 0.0857. The number of nitrogens with one attached hydrogen (secondary N) is 2. The van der Waals surface area contributed by atoms with E-state index in [1.165, 1.54) is 34.8 Å². The minimum atomic E-state index is -3.99. The average molecular weight is 468 g/mol. The lowest BCUT2D eigenvalue weighted by Gasteiger charge is -2.23. The molecule has 1 aliphatic heterocycles. The second-order valence-electron chi connectivity index (χ2n) is 7.74. The van der Waals surface area contributed by atoms with E-state index in [2.05, 4.69) is 16.9 Å². The number of ether oxygens (including phenoxy) is 1. The lowest BCUT2D eigenvalue weighted by Crippen LogP contribution is -2.34. The highest BCUT2D eigenvalue weighted by Gasteiger charge is 2.25. The van der Waals surface area contributed by atoms with Crippen molar-refractivity contribution in [2.75, 3.05) is 24.0 Å². The maximum atomic E-state index is 13.4. The van der Waals surface area contributed by atoms with Crippen LogP contribution in [0, 0.1) is 0 Å². The van der Waals surface area contributed by atoms with Crippen LogP contribution in [-0.4, -0.2) is 45.1 Å². The Kier molecular flexibility index (Phi) is 6.62. The molecule has 172 valence electrons. The van der Waals surface area contributed by atoms with Crippen LogP contribution in [0.1, 0.15) is 23.2 Å². The van der Waals surface area contributed by atoms with Gasteiger partial charge in [0.1, 0.15) is 5.56 Å². The zero-order valence-electron chi connectivity index (χ0n) is 18.0. The molecule has 1 aromatic heterocycles. The van der Waals surface area contributed by atoms with Crippen LogP contribution < -0.4 is 15.1 Å². The summed E-state index contributed by atoms with van der Waals surface area (Å²) >= 11 is 0. The number of para-hydroxylation sites is 1. The summed E-state index contributed by atoms with van der Waals surface area (Å²) in [6.45, 7) is 4.71. The average Bonchev–Trinajstić information content (AvgIpc) is 3.35. The number of sulfonamides is 1. The third-order valence-corrected chi connectivity index (χ3v) is 7.33. The Balaban J connectivity index is 1.69. The predicted octanol–water partition coefficient (Wildman–Crippen LogP) is 2.82. The van der Waals surface area contributed by atoms with Crippen molar-refractivity contribution in [3.8, 4) is 0 Å². The van der Waals surface area contributed by atoms with Crippen LogP contribution in [0.25, 0.3) is 10.9 Å². The highest BCUT2D eigenvalue weighted by Crippen LogP contribution is 2.25. The van der Waals surface area contributed by atoms with Crippen molar-refractivity contribution in [1.82, 2.24) is 10.3 Å². The monoisotopic (exact) mass is 467 g/mol. The molecule has 1 aliphatic rings. The first-order valence-electron chi connectivity index (χ1n) is 10.7. The van der Waals surface area contributed by atoms with Crippen molar-refractivity contribution >= 4 is 32.5 Å². The molecule has 2 aromatic carbocycles. The second kappa shape index (κ2) is 9.60. The molecule has 2 heterocycles. The standard InChI is InChI=1S/C24H25N3O5S/c1-2-12-27(17-7-4-3-5-8-17)33(30,31)19-10-11-22-20(14-19)23(28)21(16-25-22)24(29)26-15-18-9-6-13-32-18/h2-5,7-8,10-11,14,16,18H,1,6,9,12-13,15H2,(H,25,28)(H,26,29). The summed E-state index contributed by atoms with van der Waals surface area (Å²) in [5, 5.41) is 2.84. The van der Waals surface area contributed by atoms with Gasteiger partial charge < -0.3 is 15.0 Å². The van der Waals surface area contributed by atoms with Crippen molar-refractivity contribution in [2.24, 2.45) is 0 Å². The number of H-pyrrole nitrogens is 1. The molecule has 1 amide bonds. The van der Waals surface area contributed by atoms with Crippen LogP contribution in [0.3, 0.4) is 0 Å². The summed E-state index contributed by atoms with van der Waals surface area (Å²) in [6, 6.07) is 12.9. The van der Waals surface area contributed by atoms with E-state index in [0.717, 1.165) is 12.8 Å². The van der Waals surface area contributed by atoms with Crippen LogP contribution in [-0.2, 0) is 14.8 Å². The van der Waals surface area contributed by atoms with Crippen LogP contribution in [0.4, 0.5) is 5.69 Å². The van der Waals surface area contributed by atoms with Gasteiger partial charge in [-0.2, -0.15) is 0 Å². The first-order chi connectivity index (χ1) is 15.9. The number of amides is 1. The molecule has 3 aromatic rings. The number of nitrogens with zero attached hydrogens (tertiary/aromatic N) is 1. The van der Waals surface area contributed by atoms with Gasteiger partial charge in [-0.15, -0.1) is 6.58 Å². The van der Waals surface area contributed by atoms with Gasteiger partial charge in [-0.1, -0.05) is 24.3 Å². The van der Waals surface area contributed by atoms with Gasteiger partial charge in [0.2, 0.25) is 5.43 Å². The molecule has 1 atom stereocenters. The van der Waals surface area contributed by atoms with E-state index in [-0.39, 0.29) is 28.5 Å². The SMILES string of the molecule is C=CCN(c1ccccc1)S(=O)(=O)c1ccc2[nH]cc(C(=O)NCC3CCCO3)c(=O)c2c1. The second-order valence-corrected chi connectivity index (χ2v) is 9.61. The Bertz CT molecular complexity index is 1330. The Hall–Kier alpha value is -3.43. The maximum Gasteiger partial charge on any atom is 0.264 e. The number of rotatable bonds is 8. The van der Waals surface area contributed by atoms with E-state index in [4.69, 9.17) is 4.74 Å². The third-order valence-electron chi connectivity index (χ3n) is 5.54. The number of pyridine rings is 1. The van der Waals surface area contributed by atoms with Gasteiger partial charge in [-0.05, 0) is 43.2 Å². The number of carbonyl (C=O) groups is 1.